The number of carbonyl (C=O) groups excluding carboxylic acids is 2. The summed E-state index contributed by atoms with van der Waals surface area (Å²) in [6, 6.07) is 7.27. The van der Waals surface area contributed by atoms with Crippen LogP contribution < -0.4 is 15.8 Å². The van der Waals surface area contributed by atoms with Crippen LogP contribution in [0.15, 0.2) is 34.2 Å². The monoisotopic (exact) mass is 454 g/mol. The van der Waals surface area contributed by atoms with Gasteiger partial charge in [-0.2, -0.15) is 0 Å². The second-order valence-corrected chi connectivity index (χ2v) is 9.75. The molecule has 7 nitrogen and oxygen atoms in total. The van der Waals surface area contributed by atoms with Crippen molar-refractivity contribution < 1.29 is 9.59 Å². The highest BCUT2D eigenvalue weighted by Gasteiger charge is 2.28. The van der Waals surface area contributed by atoms with Crippen LogP contribution in [0.25, 0.3) is 10.2 Å². The number of amides is 2. The fourth-order valence-corrected chi connectivity index (χ4v) is 6.45. The first-order chi connectivity index (χ1) is 15.1. The maximum atomic E-state index is 13.3. The van der Waals surface area contributed by atoms with Crippen LogP contribution in [-0.4, -0.2) is 33.7 Å². The molecule has 1 N–H and O–H groups in total. The number of fused-ring (bicyclic) bond motifs is 4. The molecule has 2 aliphatic rings. The minimum atomic E-state index is -0.215. The molecule has 1 aromatic carbocycles. The summed E-state index contributed by atoms with van der Waals surface area (Å²) in [6.45, 7) is 2.58. The van der Waals surface area contributed by atoms with Crippen LogP contribution in [0.1, 0.15) is 30.2 Å². The van der Waals surface area contributed by atoms with Gasteiger partial charge in [0.15, 0.2) is 5.16 Å². The molecule has 0 saturated heterocycles. The van der Waals surface area contributed by atoms with E-state index in [9.17, 15) is 14.4 Å². The summed E-state index contributed by atoms with van der Waals surface area (Å²) in [5, 5.41) is 4.13. The first-order valence-electron chi connectivity index (χ1n) is 10.4. The van der Waals surface area contributed by atoms with Crippen LogP contribution in [-0.2, 0) is 29.0 Å². The number of rotatable bonds is 5. The van der Waals surface area contributed by atoms with Crippen LogP contribution >= 0.6 is 23.1 Å². The average molecular weight is 455 g/mol. The number of carbonyl (C=O) groups is 2. The van der Waals surface area contributed by atoms with E-state index in [4.69, 9.17) is 4.98 Å². The molecule has 2 aromatic heterocycles. The SMILES string of the molecule is CCCn1c(SCC(=O)N2CC(=O)Nc3ccccc32)nc2sc3c(c2c1=O)CCC3. The third kappa shape index (κ3) is 3.55. The Bertz CT molecular complexity index is 1260. The van der Waals surface area contributed by atoms with Gasteiger partial charge in [-0.05, 0) is 43.4 Å². The van der Waals surface area contributed by atoms with Gasteiger partial charge in [0.25, 0.3) is 5.56 Å². The summed E-state index contributed by atoms with van der Waals surface area (Å²) < 4.78 is 1.71. The lowest BCUT2D eigenvalue weighted by molar-refractivity contribution is -0.120. The van der Waals surface area contributed by atoms with Gasteiger partial charge in [-0.1, -0.05) is 30.8 Å². The topological polar surface area (TPSA) is 84.3 Å². The Balaban J connectivity index is 1.45. The maximum Gasteiger partial charge on any atom is 0.263 e. The molecule has 9 heteroatoms. The molecule has 0 fully saturated rings. The van der Waals surface area contributed by atoms with Gasteiger partial charge in [0.2, 0.25) is 11.8 Å². The van der Waals surface area contributed by atoms with Gasteiger partial charge in [-0.3, -0.25) is 19.0 Å². The molecule has 0 bridgehead atoms. The van der Waals surface area contributed by atoms with Crippen molar-refractivity contribution in [3.05, 3.63) is 45.1 Å². The Kier molecular flexibility index (Phi) is 5.31. The number of hydrogen-bond donors (Lipinski definition) is 1. The molecule has 0 radical (unpaired) electrons. The first kappa shape index (κ1) is 20.3. The minimum Gasteiger partial charge on any atom is -0.323 e. The van der Waals surface area contributed by atoms with Crippen LogP contribution in [0, 0.1) is 0 Å². The minimum absolute atomic E-state index is 0.00361. The lowest BCUT2D eigenvalue weighted by Gasteiger charge is -2.29. The van der Waals surface area contributed by atoms with E-state index in [1.807, 2.05) is 25.1 Å². The van der Waals surface area contributed by atoms with Crippen LogP contribution in [0.5, 0.6) is 0 Å². The molecule has 31 heavy (non-hydrogen) atoms. The van der Waals surface area contributed by atoms with Crippen LogP contribution in [0.4, 0.5) is 11.4 Å². The smallest absolute Gasteiger partial charge is 0.263 e. The lowest BCUT2D eigenvalue weighted by atomic mass is 10.2. The van der Waals surface area contributed by atoms with Crippen LogP contribution in [0.2, 0.25) is 0 Å². The molecule has 1 aliphatic carbocycles. The van der Waals surface area contributed by atoms with E-state index in [-0.39, 0.29) is 29.7 Å². The normalized spacial score (nSPS) is 15.1. The average Bonchev–Trinajstić information content (AvgIpc) is 3.34. The van der Waals surface area contributed by atoms with Crippen molar-refractivity contribution in [3.8, 4) is 0 Å². The zero-order valence-corrected chi connectivity index (χ0v) is 18.8. The van der Waals surface area contributed by atoms with Gasteiger partial charge in [0.05, 0.1) is 22.5 Å². The summed E-state index contributed by atoms with van der Waals surface area (Å²) in [7, 11) is 0. The number of benzene rings is 1. The second kappa shape index (κ2) is 8.12. The molecule has 5 rings (SSSR count). The van der Waals surface area contributed by atoms with Crippen molar-refractivity contribution in [2.24, 2.45) is 0 Å². The number of hydrogen-bond acceptors (Lipinski definition) is 6. The van der Waals surface area contributed by atoms with Crippen molar-refractivity contribution in [1.82, 2.24) is 9.55 Å². The molecule has 160 valence electrons. The van der Waals surface area contributed by atoms with E-state index in [1.54, 1.807) is 22.0 Å². The highest BCUT2D eigenvalue weighted by molar-refractivity contribution is 7.99. The molecule has 0 atom stereocenters. The Labute approximate surface area is 187 Å². The Morgan fingerprint density at radius 2 is 2.10 bits per heavy atom. The van der Waals surface area contributed by atoms with Crippen molar-refractivity contribution in [3.63, 3.8) is 0 Å². The molecule has 2 amide bonds. The first-order valence-corrected chi connectivity index (χ1v) is 12.2. The third-order valence-electron chi connectivity index (χ3n) is 5.63. The maximum absolute atomic E-state index is 13.3. The highest BCUT2D eigenvalue weighted by Crippen LogP contribution is 2.36. The van der Waals surface area contributed by atoms with E-state index in [0.717, 1.165) is 35.9 Å². The van der Waals surface area contributed by atoms with Gasteiger partial charge in [-0.15, -0.1) is 11.3 Å². The van der Waals surface area contributed by atoms with Gasteiger partial charge in [-0.25, -0.2) is 4.98 Å². The zero-order chi connectivity index (χ0) is 21.5. The second-order valence-electron chi connectivity index (χ2n) is 7.72. The summed E-state index contributed by atoms with van der Waals surface area (Å²) in [4.78, 5) is 46.7. The highest BCUT2D eigenvalue weighted by atomic mass is 32.2. The molecular formula is C22H22N4O3S2. The van der Waals surface area contributed by atoms with Gasteiger partial charge in [0, 0.05) is 11.4 Å². The van der Waals surface area contributed by atoms with Gasteiger partial charge >= 0.3 is 0 Å². The molecular weight excluding hydrogens is 432 g/mol. The van der Waals surface area contributed by atoms with E-state index in [0.29, 0.717) is 23.1 Å². The van der Waals surface area contributed by atoms with Crippen molar-refractivity contribution in [1.29, 1.82) is 0 Å². The molecule has 3 heterocycles. The standard InChI is InChI=1S/C22H22N4O3S2/c1-2-10-25-21(29)19-13-6-5-9-16(13)31-20(19)24-22(25)30-12-18(28)26-11-17(27)23-14-7-3-4-8-15(14)26/h3-4,7-8H,2,5-6,9-12H2,1H3,(H,23,27). The Morgan fingerprint density at radius 1 is 1.26 bits per heavy atom. The van der Waals surface area contributed by atoms with Crippen molar-refractivity contribution >= 4 is 56.5 Å². The Hall–Kier alpha value is -2.65. The van der Waals surface area contributed by atoms with E-state index in [1.165, 1.54) is 27.1 Å². The number of nitrogens with one attached hydrogen (secondary N) is 1. The number of aromatic nitrogens is 2. The van der Waals surface area contributed by atoms with Crippen molar-refractivity contribution in [2.45, 2.75) is 44.3 Å². The molecule has 0 unspecified atom stereocenters. The number of aryl methyl sites for hydroxylation is 2. The summed E-state index contributed by atoms with van der Waals surface area (Å²) >= 11 is 2.88. The fourth-order valence-electron chi connectivity index (χ4n) is 4.25. The van der Waals surface area contributed by atoms with E-state index >= 15 is 0 Å². The van der Waals surface area contributed by atoms with E-state index < -0.39 is 0 Å². The summed E-state index contributed by atoms with van der Waals surface area (Å²) in [5.74, 6) is -0.292. The summed E-state index contributed by atoms with van der Waals surface area (Å²) in [6.07, 6.45) is 3.86. The van der Waals surface area contributed by atoms with Crippen LogP contribution in [0.3, 0.4) is 0 Å². The lowest BCUT2D eigenvalue weighted by Crippen LogP contribution is -2.43. The van der Waals surface area contributed by atoms with E-state index in [2.05, 4.69) is 5.32 Å². The molecule has 0 saturated carbocycles. The van der Waals surface area contributed by atoms with Gasteiger partial charge < -0.3 is 10.2 Å². The number of nitrogens with zero attached hydrogens (tertiary/aromatic N) is 3. The third-order valence-corrected chi connectivity index (χ3v) is 7.78. The number of thioether (sulfide) groups is 1. The predicted molar refractivity (Wildman–Crippen MR) is 124 cm³/mol. The fraction of sp³-hybridized carbons (Fsp3) is 0.364. The molecule has 3 aromatic rings. The molecule has 1 aliphatic heterocycles. The summed E-state index contributed by atoms with van der Waals surface area (Å²) in [5.41, 5.74) is 2.50. The predicted octanol–water partition coefficient (Wildman–Crippen LogP) is 3.43. The zero-order valence-electron chi connectivity index (χ0n) is 17.1. The quantitative estimate of drug-likeness (QED) is 0.472. The Morgan fingerprint density at radius 3 is 2.94 bits per heavy atom. The molecule has 0 spiro atoms. The number of thiophene rings is 1. The number of para-hydroxylation sites is 2. The largest absolute Gasteiger partial charge is 0.323 e. The van der Waals surface area contributed by atoms with Gasteiger partial charge in [0.1, 0.15) is 11.4 Å². The van der Waals surface area contributed by atoms with Crippen molar-refractivity contribution in [2.75, 3.05) is 22.5 Å². The number of anilines is 2.